The normalized spacial score (nSPS) is 8.06. The van der Waals surface area contributed by atoms with E-state index in [1.807, 2.05) is 0 Å². The van der Waals surface area contributed by atoms with Gasteiger partial charge in [0.25, 0.3) is 0 Å². The third-order valence-corrected chi connectivity index (χ3v) is 1.36. The van der Waals surface area contributed by atoms with E-state index in [2.05, 4.69) is 0 Å². The maximum Gasteiger partial charge on any atom is 3.00 e. The maximum absolute atomic E-state index is 10.2. The van der Waals surface area contributed by atoms with Crippen molar-refractivity contribution in [1.29, 1.82) is 0 Å². The van der Waals surface area contributed by atoms with Gasteiger partial charge in [-0.15, -0.1) is 0 Å². The second kappa shape index (κ2) is 8.31. The van der Waals surface area contributed by atoms with Crippen molar-refractivity contribution in [2.75, 3.05) is 0 Å². The Bertz CT molecular complexity index is 361. The Morgan fingerprint density at radius 3 is 1.12 bits per heavy atom. The van der Waals surface area contributed by atoms with Crippen LogP contribution in [0.1, 0.15) is 27.6 Å². The third kappa shape index (κ3) is 8.00. The zero-order chi connectivity index (χ0) is 12.7. The van der Waals surface area contributed by atoms with E-state index < -0.39 is 17.9 Å². The minimum atomic E-state index is -1.33. The molecule has 0 aromatic heterocycles. The molecular formula is C10H7CoO6. The van der Waals surface area contributed by atoms with Gasteiger partial charge in [-0.05, 0) is 18.1 Å². The fourth-order valence-corrected chi connectivity index (χ4v) is 0.742. The van der Waals surface area contributed by atoms with Gasteiger partial charge < -0.3 is 29.7 Å². The molecule has 1 aromatic rings. The molecule has 0 aliphatic heterocycles. The van der Waals surface area contributed by atoms with Crippen molar-refractivity contribution in [1.82, 2.24) is 0 Å². The minimum Gasteiger partial charge on any atom is -0.550 e. The maximum atomic E-state index is 10.2. The molecule has 0 atom stereocenters. The molecule has 0 saturated heterocycles. The minimum absolute atomic E-state index is 0. The summed E-state index contributed by atoms with van der Waals surface area (Å²) >= 11 is 0. The number of hydrogen-bond donors (Lipinski definition) is 0. The molecule has 0 heterocycles. The van der Waals surface area contributed by atoms with Crippen molar-refractivity contribution in [2.45, 2.75) is 6.92 Å². The molecule has 17 heavy (non-hydrogen) atoms. The van der Waals surface area contributed by atoms with E-state index in [0.29, 0.717) is 0 Å². The van der Waals surface area contributed by atoms with Gasteiger partial charge in [0.15, 0.2) is 0 Å². The summed E-state index contributed by atoms with van der Waals surface area (Å²) < 4.78 is 0. The number of benzene rings is 1. The Hall–Kier alpha value is -1.86. The van der Waals surface area contributed by atoms with Crippen molar-refractivity contribution in [3.63, 3.8) is 0 Å². The number of carboxylic acids is 3. The van der Waals surface area contributed by atoms with Gasteiger partial charge >= 0.3 is 16.8 Å². The Morgan fingerprint density at radius 2 is 1.00 bits per heavy atom. The first-order chi connectivity index (χ1) is 7.34. The topological polar surface area (TPSA) is 120 Å². The average molecular weight is 282 g/mol. The van der Waals surface area contributed by atoms with Crippen LogP contribution in [0.5, 0.6) is 0 Å². The Morgan fingerprint density at radius 1 is 0.824 bits per heavy atom. The molecule has 0 spiro atoms. The molecule has 1 aromatic carbocycles. The monoisotopic (exact) mass is 282 g/mol. The van der Waals surface area contributed by atoms with E-state index in [0.717, 1.165) is 31.2 Å². The van der Waals surface area contributed by atoms with Gasteiger partial charge in [0.1, 0.15) is 0 Å². The van der Waals surface area contributed by atoms with E-state index in [4.69, 9.17) is 9.90 Å². The summed E-state index contributed by atoms with van der Waals surface area (Å²) in [5, 5.41) is 29.3. The van der Waals surface area contributed by atoms with E-state index in [1.54, 1.807) is 0 Å². The standard InChI is InChI=1S/C8H6O4.C2H4O2.Co/c9-7(10)5-1-2-6(4-3-5)8(11)12;1-2(3)4;/h1-4H,(H,9,10)(H,11,12);1H3,(H,3,4);/q;;+3/p-3. The van der Waals surface area contributed by atoms with Gasteiger partial charge in [0.05, 0.1) is 11.9 Å². The van der Waals surface area contributed by atoms with Gasteiger partial charge in [-0.3, -0.25) is 0 Å². The van der Waals surface area contributed by atoms with Crippen molar-refractivity contribution in [2.24, 2.45) is 0 Å². The van der Waals surface area contributed by atoms with E-state index in [-0.39, 0.29) is 27.9 Å². The molecular weight excluding hydrogens is 275 g/mol. The first kappa shape index (κ1) is 17.5. The second-order valence-corrected chi connectivity index (χ2v) is 2.64. The van der Waals surface area contributed by atoms with Crippen LogP contribution in [0.2, 0.25) is 0 Å². The second-order valence-electron chi connectivity index (χ2n) is 2.64. The van der Waals surface area contributed by atoms with Crippen LogP contribution in [-0.2, 0) is 21.6 Å². The molecule has 0 N–H and O–H groups in total. The van der Waals surface area contributed by atoms with Gasteiger partial charge in [0.2, 0.25) is 0 Å². The first-order valence-electron chi connectivity index (χ1n) is 4.05. The van der Waals surface area contributed by atoms with Crippen molar-refractivity contribution >= 4 is 17.9 Å². The van der Waals surface area contributed by atoms with Crippen LogP contribution in [0.25, 0.3) is 0 Å². The van der Waals surface area contributed by atoms with Crippen LogP contribution in [-0.4, -0.2) is 17.9 Å². The number of rotatable bonds is 2. The molecule has 6 nitrogen and oxygen atoms in total. The van der Waals surface area contributed by atoms with Gasteiger partial charge in [-0.1, -0.05) is 24.3 Å². The van der Waals surface area contributed by atoms with Gasteiger partial charge in [-0.2, -0.15) is 0 Å². The average Bonchev–Trinajstić information content (AvgIpc) is 2.17. The molecule has 7 heteroatoms. The van der Waals surface area contributed by atoms with Gasteiger partial charge in [0, 0.05) is 5.97 Å². The molecule has 0 radical (unpaired) electrons. The van der Waals surface area contributed by atoms with Crippen molar-refractivity contribution in [3.8, 4) is 0 Å². The largest absolute Gasteiger partial charge is 3.00 e. The van der Waals surface area contributed by atoms with E-state index >= 15 is 0 Å². The summed E-state index contributed by atoms with van der Waals surface area (Å²) in [6, 6.07) is 4.61. The van der Waals surface area contributed by atoms with Crippen LogP contribution in [0.3, 0.4) is 0 Å². The summed E-state index contributed by atoms with van der Waals surface area (Å²) in [6.45, 7) is 0.972. The Labute approximate surface area is 107 Å². The molecule has 0 amide bonds. The zero-order valence-corrected chi connectivity index (χ0v) is 9.63. The summed E-state index contributed by atoms with van der Waals surface area (Å²) in [4.78, 5) is 29.3. The zero-order valence-electron chi connectivity index (χ0n) is 8.59. The predicted molar refractivity (Wildman–Crippen MR) is 45.8 cm³/mol. The number of carbonyl (C=O) groups is 3. The fraction of sp³-hybridized carbons (Fsp3) is 0.100. The number of aliphatic carboxylic acids is 1. The Balaban J connectivity index is 0. The third-order valence-electron chi connectivity index (χ3n) is 1.36. The fourth-order valence-electron chi connectivity index (χ4n) is 0.742. The van der Waals surface area contributed by atoms with Crippen molar-refractivity contribution in [3.05, 3.63) is 35.4 Å². The molecule has 0 aliphatic carbocycles. The van der Waals surface area contributed by atoms with Crippen LogP contribution < -0.4 is 15.3 Å². The molecule has 0 fully saturated rings. The molecule has 0 bridgehead atoms. The predicted octanol–water partition coefficient (Wildman–Crippen LogP) is -2.83. The quantitative estimate of drug-likeness (QED) is 0.576. The van der Waals surface area contributed by atoms with E-state index in [9.17, 15) is 19.8 Å². The van der Waals surface area contributed by atoms with Crippen LogP contribution in [0, 0.1) is 0 Å². The number of hydrogen-bond acceptors (Lipinski definition) is 6. The van der Waals surface area contributed by atoms with E-state index in [1.165, 1.54) is 0 Å². The summed E-state index contributed by atoms with van der Waals surface area (Å²) in [5.41, 5.74) is -0.111. The number of carboxylic acid groups (broad SMARTS) is 3. The molecule has 92 valence electrons. The van der Waals surface area contributed by atoms with Crippen molar-refractivity contribution < 1.29 is 46.5 Å². The van der Waals surface area contributed by atoms with Crippen LogP contribution in [0.15, 0.2) is 24.3 Å². The summed E-state index contributed by atoms with van der Waals surface area (Å²) in [6.07, 6.45) is 0. The number of aromatic carboxylic acids is 2. The molecule has 0 unspecified atom stereocenters. The SMILES string of the molecule is CC(=O)[O-].O=C([O-])c1ccc(C(=O)[O-])cc1.[Co+3]. The molecule has 0 aliphatic rings. The van der Waals surface area contributed by atoms with Crippen LogP contribution in [0.4, 0.5) is 0 Å². The summed E-state index contributed by atoms with van der Waals surface area (Å²) in [7, 11) is 0. The Kier molecular flexibility index (Phi) is 8.57. The molecule has 1 rings (SSSR count). The first-order valence-corrected chi connectivity index (χ1v) is 4.05. The smallest absolute Gasteiger partial charge is 0.550 e. The molecule has 0 saturated carbocycles. The number of carbonyl (C=O) groups excluding carboxylic acids is 3. The van der Waals surface area contributed by atoms with Crippen LogP contribution >= 0.6 is 0 Å². The summed E-state index contributed by atoms with van der Waals surface area (Å²) in [5.74, 6) is -3.75. The van der Waals surface area contributed by atoms with Gasteiger partial charge in [-0.25, -0.2) is 0 Å².